The fraction of sp³-hybridized carbons (Fsp3) is 0.368. The van der Waals surface area contributed by atoms with Crippen LogP contribution in [0.15, 0.2) is 29.3 Å². The van der Waals surface area contributed by atoms with Crippen LogP contribution in [0, 0.1) is 18.3 Å². The van der Waals surface area contributed by atoms with Crippen LogP contribution in [-0.2, 0) is 17.1 Å². The van der Waals surface area contributed by atoms with Gasteiger partial charge in [0.2, 0.25) is 15.7 Å². The summed E-state index contributed by atoms with van der Waals surface area (Å²) < 4.78 is 48.8. The number of nitrogens with zero attached hydrogens (tertiary/aromatic N) is 2. The molecule has 1 aromatic heterocycles. The zero-order valence-electron chi connectivity index (χ0n) is 16.5. The minimum absolute atomic E-state index is 0.0618. The number of rotatable bonds is 4. The lowest BCUT2D eigenvalue weighted by molar-refractivity contribution is 0.0837. The van der Waals surface area contributed by atoms with Gasteiger partial charge in [-0.25, -0.2) is 22.4 Å². The van der Waals surface area contributed by atoms with E-state index < -0.39 is 40.5 Å². The van der Waals surface area contributed by atoms with E-state index in [0.717, 1.165) is 6.07 Å². The number of aliphatic hydroxyl groups excluding tert-OH is 1. The van der Waals surface area contributed by atoms with Crippen LogP contribution in [0.25, 0.3) is 4.85 Å². The molecule has 0 bridgehead atoms. The van der Waals surface area contributed by atoms with Gasteiger partial charge in [-0.3, -0.25) is 4.79 Å². The summed E-state index contributed by atoms with van der Waals surface area (Å²) >= 11 is 0. The molecule has 0 saturated carbocycles. The Hall–Kier alpha value is -2.94. The van der Waals surface area contributed by atoms with Gasteiger partial charge in [0.05, 0.1) is 19.2 Å². The van der Waals surface area contributed by atoms with E-state index >= 15 is 0 Å². The van der Waals surface area contributed by atoms with E-state index in [-0.39, 0.29) is 33.6 Å². The summed E-state index contributed by atoms with van der Waals surface area (Å²) in [4.78, 5) is 15.8. The zero-order chi connectivity index (χ0) is 22.2. The first-order valence-corrected chi connectivity index (χ1v) is 10.5. The van der Waals surface area contributed by atoms with Gasteiger partial charge in [0, 0.05) is 18.9 Å². The number of carbonyl (C=O) groups excluding carboxylic acids is 1. The highest BCUT2D eigenvalue weighted by atomic mass is 32.2. The van der Waals surface area contributed by atoms with Crippen LogP contribution < -0.4 is 14.8 Å². The number of benzene rings is 1. The molecular formula is C19H21FN4O5S. The van der Waals surface area contributed by atoms with Crippen LogP contribution in [0.3, 0.4) is 0 Å². The van der Waals surface area contributed by atoms with E-state index in [2.05, 4.69) is 14.9 Å². The molecule has 11 heteroatoms. The van der Waals surface area contributed by atoms with Crippen molar-refractivity contribution in [3.8, 4) is 5.75 Å². The summed E-state index contributed by atoms with van der Waals surface area (Å²) in [6.45, 7) is 10.1. The number of aromatic nitrogens is 1. The summed E-state index contributed by atoms with van der Waals surface area (Å²) in [5.41, 5.74) is -0.147. The molecule has 2 atom stereocenters. The summed E-state index contributed by atoms with van der Waals surface area (Å²) in [6.07, 6.45) is 0.526. The number of fused-ring (bicyclic) bond motifs is 1. The largest absolute Gasteiger partial charge is 0.484 e. The number of aliphatic hydroxyl groups is 1. The van der Waals surface area contributed by atoms with Crippen molar-refractivity contribution in [2.45, 2.75) is 30.9 Å². The first-order valence-electron chi connectivity index (χ1n) is 9.06. The molecule has 1 amide bonds. The smallest absolute Gasteiger partial charge is 0.276 e. The maximum absolute atomic E-state index is 13.5. The van der Waals surface area contributed by atoms with E-state index in [1.807, 2.05) is 0 Å². The van der Waals surface area contributed by atoms with Gasteiger partial charge in [-0.05, 0) is 24.1 Å². The number of hydrogen-bond donors (Lipinski definition) is 3. The second-order valence-electron chi connectivity index (χ2n) is 7.25. The third kappa shape index (κ3) is 3.89. The molecule has 30 heavy (non-hydrogen) atoms. The normalized spacial score (nSPS) is 20.0. The van der Waals surface area contributed by atoms with Gasteiger partial charge in [0.1, 0.15) is 16.8 Å². The summed E-state index contributed by atoms with van der Waals surface area (Å²) in [5.74, 6) is -1.72. The van der Waals surface area contributed by atoms with Crippen molar-refractivity contribution in [3.05, 3.63) is 47.3 Å². The SMILES string of the molecule is [C-]#[N+]c1cc(NC(=O)c2c3c(cn2C)S(=O)(=O)N[C@H](CO)[C@@H](C(C)C)O3)ccc1F. The molecule has 0 radical (unpaired) electrons. The average molecular weight is 436 g/mol. The predicted molar refractivity (Wildman–Crippen MR) is 106 cm³/mol. The zero-order valence-corrected chi connectivity index (χ0v) is 17.3. The number of anilines is 1. The molecular weight excluding hydrogens is 415 g/mol. The van der Waals surface area contributed by atoms with Crippen molar-refractivity contribution in [2.24, 2.45) is 13.0 Å². The minimum Gasteiger partial charge on any atom is -0.484 e. The molecule has 2 aromatic rings. The van der Waals surface area contributed by atoms with E-state index in [1.165, 1.54) is 29.9 Å². The second-order valence-corrected chi connectivity index (χ2v) is 8.93. The number of ether oxygens (including phenoxy) is 1. The predicted octanol–water partition coefficient (Wildman–Crippen LogP) is 2.02. The molecule has 1 aliphatic heterocycles. The van der Waals surface area contributed by atoms with Gasteiger partial charge in [-0.2, -0.15) is 0 Å². The molecule has 1 aliphatic rings. The quantitative estimate of drug-likeness (QED) is 0.635. The Balaban J connectivity index is 2.05. The maximum Gasteiger partial charge on any atom is 0.276 e. The number of amides is 1. The van der Waals surface area contributed by atoms with Crippen molar-refractivity contribution in [1.29, 1.82) is 0 Å². The van der Waals surface area contributed by atoms with E-state index in [9.17, 15) is 22.7 Å². The molecule has 1 aromatic carbocycles. The highest BCUT2D eigenvalue weighted by Gasteiger charge is 2.40. The van der Waals surface area contributed by atoms with Gasteiger partial charge < -0.3 is 19.7 Å². The first-order chi connectivity index (χ1) is 14.1. The van der Waals surface area contributed by atoms with Crippen LogP contribution in [0.2, 0.25) is 0 Å². The highest BCUT2D eigenvalue weighted by molar-refractivity contribution is 7.89. The molecule has 9 nitrogen and oxygen atoms in total. The number of hydrogen-bond acceptors (Lipinski definition) is 5. The Morgan fingerprint density at radius 1 is 1.47 bits per heavy atom. The number of carbonyl (C=O) groups is 1. The molecule has 160 valence electrons. The number of halogens is 1. The average Bonchev–Trinajstić information content (AvgIpc) is 2.97. The van der Waals surface area contributed by atoms with Gasteiger partial charge >= 0.3 is 0 Å². The van der Waals surface area contributed by atoms with Gasteiger partial charge in [0.15, 0.2) is 11.4 Å². The lowest BCUT2D eigenvalue weighted by atomic mass is 10.0. The molecule has 3 rings (SSSR count). The Bertz CT molecular complexity index is 1140. The number of nitrogens with one attached hydrogen (secondary N) is 2. The molecule has 2 heterocycles. The van der Waals surface area contributed by atoms with E-state index in [0.29, 0.717) is 0 Å². The third-order valence-corrected chi connectivity index (χ3v) is 6.23. The standard InChI is InChI=1S/C19H21FN4O5S/c1-10(2)17-14(9-25)23-30(27,28)15-8-24(4)16(18(15)29-17)19(26)22-11-5-6-12(20)13(7-11)21-3/h5-8,10,14,17,23,25H,9H2,1-2,4H3,(H,22,26)/t14-,17-/m1/s1. The molecule has 0 saturated heterocycles. The lowest BCUT2D eigenvalue weighted by Crippen LogP contribution is -2.48. The van der Waals surface area contributed by atoms with Crippen molar-refractivity contribution < 1.29 is 27.4 Å². The van der Waals surface area contributed by atoms with Crippen LogP contribution in [-0.4, -0.2) is 42.8 Å². The highest BCUT2D eigenvalue weighted by Crippen LogP contribution is 2.36. The van der Waals surface area contributed by atoms with Gasteiger partial charge in [0.25, 0.3) is 5.91 Å². The molecule has 0 aliphatic carbocycles. The van der Waals surface area contributed by atoms with E-state index in [1.54, 1.807) is 13.8 Å². The summed E-state index contributed by atoms with van der Waals surface area (Å²) in [7, 11) is -2.56. The fourth-order valence-electron chi connectivity index (χ4n) is 3.30. The van der Waals surface area contributed by atoms with Gasteiger partial charge in [-0.1, -0.05) is 13.8 Å². The molecule has 0 unspecified atom stereocenters. The van der Waals surface area contributed by atoms with Crippen molar-refractivity contribution in [1.82, 2.24) is 9.29 Å². The first kappa shape index (κ1) is 21.8. The van der Waals surface area contributed by atoms with Crippen molar-refractivity contribution in [2.75, 3.05) is 11.9 Å². The maximum atomic E-state index is 13.5. The second kappa shape index (κ2) is 8.06. The monoisotopic (exact) mass is 436 g/mol. The Kier molecular flexibility index (Phi) is 5.85. The van der Waals surface area contributed by atoms with Crippen molar-refractivity contribution >= 4 is 27.3 Å². The van der Waals surface area contributed by atoms with Crippen LogP contribution in [0.5, 0.6) is 5.75 Å². The van der Waals surface area contributed by atoms with Crippen LogP contribution >= 0.6 is 0 Å². The Morgan fingerprint density at radius 2 is 2.17 bits per heavy atom. The Labute approximate surface area is 173 Å². The molecule has 0 spiro atoms. The Morgan fingerprint density at radius 3 is 2.77 bits per heavy atom. The summed E-state index contributed by atoms with van der Waals surface area (Å²) in [5, 5.41) is 12.2. The van der Waals surface area contributed by atoms with Crippen LogP contribution in [0.4, 0.5) is 15.8 Å². The van der Waals surface area contributed by atoms with Crippen LogP contribution in [0.1, 0.15) is 24.3 Å². The third-order valence-electron chi connectivity index (χ3n) is 4.74. The topological polar surface area (TPSA) is 114 Å². The summed E-state index contributed by atoms with van der Waals surface area (Å²) in [6, 6.07) is 2.64. The molecule has 3 N–H and O–H groups in total. The van der Waals surface area contributed by atoms with Crippen molar-refractivity contribution in [3.63, 3.8) is 0 Å². The number of sulfonamides is 1. The minimum atomic E-state index is -4.06. The lowest BCUT2D eigenvalue weighted by Gasteiger charge is -2.27. The fourth-order valence-corrected chi connectivity index (χ4v) is 4.72. The number of aryl methyl sites for hydroxylation is 1. The molecule has 0 fully saturated rings. The van der Waals surface area contributed by atoms with Gasteiger partial charge in [-0.15, -0.1) is 0 Å². The van der Waals surface area contributed by atoms with E-state index in [4.69, 9.17) is 11.3 Å².